The molecule has 7 nitrogen and oxygen atoms in total. The number of nitrogens with one attached hydrogen (secondary N) is 2. The minimum absolute atomic E-state index is 0.130. The summed E-state index contributed by atoms with van der Waals surface area (Å²) in [7, 11) is 0. The number of nitrogens with zero attached hydrogens (tertiary/aromatic N) is 1. The molecule has 0 spiro atoms. The minimum Gasteiger partial charge on any atom is -0.490 e. The van der Waals surface area contributed by atoms with Crippen LogP contribution in [0.2, 0.25) is 0 Å². The van der Waals surface area contributed by atoms with Crippen LogP contribution in [0, 0.1) is 5.92 Å². The zero-order chi connectivity index (χ0) is 22.4. The molecule has 1 unspecified atom stereocenters. The van der Waals surface area contributed by atoms with Crippen molar-refractivity contribution in [2.45, 2.75) is 40.7 Å². The molecule has 31 heavy (non-hydrogen) atoms. The van der Waals surface area contributed by atoms with E-state index in [2.05, 4.69) is 15.3 Å². The van der Waals surface area contributed by atoms with Crippen LogP contribution < -0.4 is 19.5 Å². The molecule has 0 saturated heterocycles. The number of hydrogen-bond donors (Lipinski definition) is 2. The molecule has 3 rings (SSSR count). The summed E-state index contributed by atoms with van der Waals surface area (Å²) in [5.74, 6) is 2.12. The topological polar surface area (TPSA) is 85.5 Å². The van der Waals surface area contributed by atoms with Crippen LogP contribution in [0.3, 0.4) is 0 Å². The number of rotatable bonds is 10. The number of ether oxygens (including phenoxy) is 3. The highest BCUT2D eigenvalue weighted by Gasteiger charge is 2.24. The molecule has 166 valence electrons. The third-order valence-electron chi connectivity index (χ3n) is 4.83. The van der Waals surface area contributed by atoms with Gasteiger partial charge in [-0.05, 0) is 51.0 Å². The molecule has 1 atom stereocenters. The van der Waals surface area contributed by atoms with Gasteiger partial charge in [-0.25, -0.2) is 4.98 Å². The average Bonchev–Trinajstić information content (AvgIpc) is 3.17. The second kappa shape index (κ2) is 10.2. The van der Waals surface area contributed by atoms with Gasteiger partial charge in [-0.15, -0.1) is 0 Å². The van der Waals surface area contributed by atoms with E-state index in [4.69, 9.17) is 14.2 Å². The van der Waals surface area contributed by atoms with E-state index in [0.29, 0.717) is 42.6 Å². The number of imidazole rings is 1. The minimum atomic E-state index is -0.280. The summed E-state index contributed by atoms with van der Waals surface area (Å²) in [6.07, 6.45) is 0. The Morgan fingerprint density at radius 2 is 1.61 bits per heavy atom. The number of benzene rings is 2. The van der Waals surface area contributed by atoms with E-state index in [0.717, 1.165) is 16.9 Å². The summed E-state index contributed by atoms with van der Waals surface area (Å²) in [6.45, 7) is 11.1. The zero-order valence-corrected chi connectivity index (χ0v) is 18.8. The van der Waals surface area contributed by atoms with Gasteiger partial charge in [-0.2, -0.15) is 0 Å². The van der Waals surface area contributed by atoms with Crippen LogP contribution in [0.5, 0.6) is 17.2 Å². The summed E-state index contributed by atoms with van der Waals surface area (Å²) < 4.78 is 17.2. The number of para-hydroxylation sites is 2. The number of aromatic nitrogens is 2. The number of hydrogen-bond acceptors (Lipinski definition) is 5. The molecule has 2 N–H and O–H groups in total. The third kappa shape index (κ3) is 5.10. The van der Waals surface area contributed by atoms with Crippen molar-refractivity contribution in [1.29, 1.82) is 0 Å². The maximum absolute atomic E-state index is 13.2. The number of H-pyrrole nitrogens is 1. The van der Waals surface area contributed by atoms with E-state index in [9.17, 15) is 4.79 Å². The van der Waals surface area contributed by atoms with Crippen molar-refractivity contribution in [3.05, 3.63) is 47.8 Å². The van der Waals surface area contributed by atoms with E-state index in [-0.39, 0.29) is 17.9 Å². The molecule has 2 aromatic carbocycles. The van der Waals surface area contributed by atoms with Gasteiger partial charge in [0.25, 0.3) is 5.91 Å². The molecule has 0 aliphatic heterocycles. The highest BCUT2D eigenvalue weighted by atomic mass is 16.5. The number of carbonyl (C=O) groups is 1. The van der Waals surface area contributed by atoms with Gasteiger partial charge in [0.1, 0.15) is 5.82 Å². The first-order valence-corrected chi connectivity index (χ1v) is 10.8. The van der Waals surface area contributed by atoms with Gasteiger partial charge in [0.15, 0.2) is 11.5 Å². The lowest BCUT2D eigenvalue weighted by Gasteiger charge is -2.21. The van der Waals surface area contributed by atoms with Crippen LogP contribution in [0.15, 0.2) is 36.4 Å². The van der Waals surface area contributed by atoms with E-state index in [1.807, 2.05) is 58.9 Å². The van der Waals surface area contributed by atoms with Crippen LogP contribution in [0.25, 0.3) is 11.0 Å². The Hall–Kier alpha value is -3.22. The van der Waals surface area contributed by atoms with Gasteiger partial charge in [-0.3, -0.25) is 4.79 Å². The maximum atomic E-state index is 13.2. The predicted molar refractivity (Wildman–Crippen MR) is 121 cm³/mol. The molecule has 7 heteroatoms. The van der Waals surface area contributed by atoms with E-state index in [1.165, 1.54) is 0 Å². The lowest BCUT2D eigenvalue weighted by atomic mass is 10.0. The van der Waals surface area contributed by atoms with Crippen molar-refractivity contribution in [3.63, 3.8) is 0 Å². The van der Waals surface area contributed by atoms with Crippen LogP contribution >= 0.6 is 0 Å². The quantitative estimate of drug-likeness (QED) is 0.483. The number of carbonyl (C=O) groups excluding carboxylic acids is 1. The highest BCUT2D eigenvalue weighted by molar-refractivity contribution is 5.96. The lowest BCUT2D eigenvalue weighted by Crippen LogP contribution is -2.32. The first kappa shape index (κ1) is 22.5. The number of aromatic amines is 1. The Morgan fingerprint density at radius 3 is 2.16 bits per heavy atom. The van der Waals surface area contributed by atoms with Gasteiger partial charge >= 0.3 is 0 Å². The molecule has 0 radical (unpaired) electrons. The summed E-state index contributed by atoms with van der Waals surface area (Å²) in [4.78, 5) is 21.2. The fourth-order valence-corrected chi connectivity index (χ4v) is 3.41. The Balaban J connectivity index is 1.94. The maximum Gasteiger partial charge on any atom is 0.252 e. The fraction of sp³-hybridized carbons (Fsp3) is 0.417. The summed E-state index contributed by atoms with van der Waals surface area (Å²) in [5, 5.41) is 3.12. The first-order chi connectivity index (χ1) is 15.0. The first-order valence-electron chi connectivity index (χ1n) is 10.8. The molecular formula is C24H31N3O4. The standard InChI is InChI=1S/C24H31N3O4/c1-6-29-19-13-16(14-20(30-7-2)22(19)31-8-3)24(28)27-21(15(4)5)23-25-17-11-9-10-12-18(17)26-23/h9-15,21H,6-8H2,1-5H3,(H,25,26)(H,27,28). The molecule has 0 fully saturated rings. The van der Waals surface area contributed by atoms with Crippen molar-refractivity contribution >= 4 is 16.9 Å². The molecule has 0 saturated carbocycles. The van der Waals surface area contributed by atoms with Crippen LogP contribution in [-0.4, -0.2) is 35.7 Å². The Kier molecular flexibility index (Phi) is 7.39. The van der Waals surface area contributed by atoms with Crippen molar-refractivity contribution in [3.8, 4) is 17.2 Å². The fourth-order valence-electron chi connectivity index (χ4n) is 3.41. The number of amides is 1. The second-order valence-corrected chi connectivity index (χ2v) is 7.44. The van der Waals surface area contributed by atoms with Crippen molar-refractivity contribution in [1.82, 2.24) is 15.3 Å². The van der Waals surface area contributed by atoms with Gasteiger partial charge in [0.05, 0.1) is 36.9 Å². The van der Waals surface area contributed by atoms with E-state index < -0.39 is 0 Å². The smallest absolute Gasteiger partial charge is 0.252 e. The normalized spacial score (nSPS) is 12.1. The molecule has 1 amide bonds. The van der Waals surface area contributed by atoms with Crippen LogP contribution in [0.4, 0.5) is 0 Å². The Labute approximate surface area is 183 Å². The zero-order valence-electron chi connectivity index (χ0n) is 18.8. The van der Waals surface area contributed by atoms with Gasteiger partial charge in [0.2, 0.25) is 5.75 Å². The van der Waals surface area contributed by atoms with Crippen LogP contribution in [-0.2, 0) is 0 Å². The molecule has 3 aromatic rings. The SMILES string of the molecule is CCOc1cc(C(=O)NC(c2nc3ccccc3[nH]2)C(C)C)cc(OCC)c1OCC. The van der Waals surface area contributed by atoms with Gasteiger partial charge in [-0.1, -0.05) is 26.0 Å². The largest absolute Gasteiger partial charge is 0.490 e. The van der Waals surface area contributed by atoms with Crippen molar-refractivity contribution < 1.29 is 19.0 Å². The van der Waals surface area contributed by atoms with Gasteiger partial charge < -0.3 is 24.5 Å². The predicted octanol–water partition coefficient (Wildman–Crippen LogP) is 4.89. The van der Waals surface area contributed by atoms with Crippen molar-refractivity contribution in [2.24, 2.45) is 5.92 Å². The van der Waals surface area contributed by atoms with Gasteiger partial charge in [0, 0.05) is 5.56 Å². The Bertz CT molecular complexity index is 969. The molecule has 0 bridgehead atoms. The van der Waals surface area contributed by atoms with Crippen molar-refractivity contribution in [2.75, 3.05) is 19.8 Å². The molecule has 1 heterocycles. The summed E-state index contributed by atoms with van der Waals surface area (Å²) in [5.41, 5.74) is 2.25. The molecule has 0 aliphatic rings. The number of fused-ring (bicyclic) bond motifs is 1. The molecule has 0 aliphatic carbocycles. The second-order valence-electron chi connectivity index (χ2n) is 7.44. The average molecular weight is 426 g/mol. The lowest BCUT2D eigenvalue weighted by molar-refractivity contribution is 0.0922. The van der Waals surface area contributed by atoms with Crippen LogP contribution in [0.1, 0.15) is 56.8 Å². The highest BCUT2D eigenvalue weighted by Crippen LogP contribution is 2.39. The molecule has 1 aromatic heterocycles. The van der Waals surface area contributed by atoms with E-state index in [1.54, 1.807) is 12.1 Å². The summed E-state index contributed by atoms with van der Waals surface area (Å²) >= 11 is 0. The van der Waals surface area contributed by atoms with E-state index >= 15 is 0 Å². The third-order valence-corrected chi connectivity index (χ3v) is 4.83. The molecular weight excluding hydrogens is 394 g/mol. The Morgan fingerprint density at radius 1 is 1.00 bits per heavy atom. The summed E-state index contributed by atoms with van der Waals surface area (Å²) in [6, 6.07) is 10.9. The monoisotopic (exact) mass is 425 g/mol.